The summed E-state index contributed by atoms with van der Waals surface area (Å²) in [7, 11) is 0. The molecule has 7 heteroatoms. The molecule has 2 amide bonds. The number of benzene rings is 1. The van der Waals surface area contributed by atoms with E-state index >= 15 is 0 Å². The van der Waals surface area contributed by atoms with Crippen molar-refractivity contribution < 1.29 is 18.7 Å². The molecule has 0 spiro atoms. The summed E-state index contributed by atoms with van der Waals surface area (Å²) in [4.78, 5) is 27.8. The lowest BCUT2D eigenvalue weighted by molar-refractivity contribution is -0.115. The maximum atomic E-state index is 12.1. The molecule has 1 heterocycles. The van der Waals surface area contributed by atoms with E-state index < -0.39 is 6.67 Å². The predicted molar refractivity (Wildman–Crippen MR) is 80.3 cm³/mol. The fourth-order valence-electron chi connectivity index (χ4n) is 1.98. The number of halogens is 1. The number of carbonyl (C=O) groups is 2. The smallest absolute Gasteiger partial charge is 0.243 e. The number of anilines is 1. The van der Waals surface area contributed by atoms with Gasteiger partial charge in [0.25, 0.3) is 0 Å². The van der Waals surface area contributed by atoms with E-state index in [-0.39, 0.29) is 24.9 Å². The minimum absolute atomic E-state index is 0.00526. The molecule has 0 unspecified atom stereocenters. The summed E-state index contributed by atoms with van der Waals surface area (Å²) < 4.78 is 17.3. The van der Waals surface area contributed by atoms with E-state index in [1.165, 1.54) is 16.7 Å². The normalized spacial score (nSPS) is 16.8. The van der Waals surface area contributed by atoms with Crippen LogP contribution >= 0.6 is 11.8 Å². The third kappa shape index (κ3) is 3.68. The van der Waals surface area contributed by atoms with Crippen molar-refractivity contribution >= 4 is 34.9 Å². The molecule has 1 aliphatic rings. The van der Waals surface area contributed by atoms with E-state index in [0.29, 0.717) is 17.3 Å². The summed E-state index contributed by atoms with van der Waals surface area (Å²) in [5, 5.41) is 0.354. The number of alkyl halides is 1. The molecule has 1 aromatic rings. The van der Waals surface area contributed by atoms with Crippen LogP contribution < -0.4 is 4.90 Å². The first-order valence-corrected chi connectivity index (χ1v) is 7.36. The Morgan fingerprint density at radius 1 is 1.52 bits per heavy atom. The molecule has 1 saturated heterocycles. The van der Waals surface area contributed by atoms with Gasteiger partial charge in [-0.25, -0.2) is 4.39 Å². The molecule has 1 aliphatic heterocycles. The number of amides is 2. The van der Waals surface area contributed by atoms with Crippen molar-refractivity contribution in [2.24, 2.45) is 4.99 Å². The number of carbonyl (C=O) groups excluding carboxylic acids is 2. The molecule has 112 valence electrons. The Kier molecular flexibility index (Phi) is 5.46. The molecule has 1 fully saturated rings. The van der Waals surface area contributed by atoms with Gasteiger partial charge in [-0.3, -0.25) is 14.5 Å². The molecule has 2 rings (SSSR count). The second kappa shape index (κ2) is 7.33. The van der Waals surface area contributed by atoms with Crippen LogP contribution in [0.2, 0.25) is 0 Å². The zero-order valence-electron chi connectivity index (χ0n) is 11.5. The molecule has 0 saturated carbocycles. The monoisotopic (exact) mass is 310 g/mol. The van der Waals surface area contributed by atoms with Gasteiger partial charge in [0.05, 0.1) is 24.7 Å². The minimum Gasteiger partial charge on any atom is -0.374 e. The minimum atomic E-state index is -0.558. The summed E-state index contributed by atoms with van der Waals surface area (Å²) >= 11 is 1.22. The van der Waals surface area contributed by atoms with Crippen molar-refractivity contribution in [2.75, 3.05) is 23.9 Å². The third-order valence-corrected chi connectivity index (χ3v) is 3.83. The van der Waals surface area contributed by atoms with Crippen LogP contribution in [0.1, 0.15) is 11.1 Å². The van der Waals surface area contributed by atoms with Crippen LogP contribution in [-0.2, 0) is 20.9 Å². The Hall–Kier alpha value is -1.73. The molecule has 1 aromatic carbocycles. The molecule has 21 heavy (non-hydrogen) atoms. The summed E-state index contributed by atoms with van der Waals surface area (Å²) in [5.74, 6) is 0.101. The second-order valence-electron chi connectivity index (χ2n) is 4.41. The first-order valence-electron chi connectivity index (χ1n) is 6.38. The van der Waals surface area contributed by atoms with Crippen LogP contribution in [-0.4, -0.2) is 36.5 Å². The van der Waals surface area contributed by atoms with E-state index in [2.05, 4.69) is 4.99 Å². The van der Waals surface area contributed by atoms with Gasteiger partial charge in [0.2, 0.25) is 12.3 Å². The predicted octanol–water partition coefficient (Wildman–Crippen LogP) is 2.07. The Balaban J connectivity index is 2.36. The molecule has 0 atom stereocenters. The molecular formula is C14H15FN2O3S. The number of hydrogen-bond donors (Lipinski definition) is 0. The number of amidine groups is 1. The lowest BCUT2D eigenvalue weighted by Crippen LogP contribution is -2.30. The fraction of sp³-hybridized carbons (Fsp3) is 0.357. The van der Waals surface area contributed by atoms with Gasteiger partial charge in [-0.2, -0.15) is 4.99 Å². The van der Waals surface area contributed by atoms with Crippen LogP contribution in [0.15, 0.2) is 23.2 Å². The Morgan fingerprint density at radius 2 is 2.33 bits per heavy atom. The van der Waals surface area contributed by atoms with Crippen molar-refractivity contribution in [3.8, 4) is 0 Å². The summed E-state index contributed by atoms with van der Waals surface area (Å²) in [6.07, 6.45) is 0.420. The largest absolute Gasteiger partial charge is 0.374 e. The zero-order chi connectivity index (χ0) is 15.2. The molecule has 0 aromatic heterocycles. The highest BCUT2D eigenvalue weighted by molar-refractivity contribution is 8.15. The van der Waals surface area contributed by atoms with E-state index in [9.17, 15) is 14.0 Å². The Labute approximate surface area is 126 Å². The number of aliphatic imine (C=N–C) groups is 1. The maximum absolute atomic E-state index is 12.1. The highest BCUT2D eigenvalue weighted by Gasteiger charge is 2.31. The standard InChI is InChI=1S/C14H15FN2O3S/c1-10-2-3-11(7-20-5-4-15)12(6-10)17-13(19)8-21-14(17)16-9-18/h2-3,6,9H,4-5,7-8H2,1H3. The number of thioether (sulfide) groups is 1. The number of ether oxygens (including phenoxy) is 1. The van der Waals surface area contributed by atoms with E-state index in [1.54, 1.807) is 0 Å². The van der Waals surface area contributed by atoms with Crippen LogP contribution in [0.5, 0.6) is 0 Å². The quantitative estimate of drug-likeness (QED) is 0.596. The van der Waals surface area contributed by atoms with Crippen molar-refractivity contribution in [1.29, 1.82) is 0 Å². The van der Waals surface area contributed by atoms with Gasteiger partial charge in [0.1, 0.15) is 6.67 Å². The van der Waals surface area contributed by atoms with Gasteiger partial charge in [-0.15, -0.1) is 0 Å². The fourth-order valence-corrected chi connectivity index (χ4v) is 2.81. The zero-order valence-corrected chi connectivity index (χ0v) is 12.4. The van der Waals surface area contributed by atoms with Gasteiger partial charge >= 0.3 is 0 Å². The van der Waals surface area contributed by atoms with Crippen molar-refractivity contribution in [2.45, 2.75) is 13.5 Å². The molecule has 0 N–H and O–H groups in total. The number of nitrogens with zero attached hydrogens (tertiary/aromatic N) is 2. The van der Waals surface area contributed by atoms with E-state index in [0.717, 1.165) is 11.1 Å². The SMILES string of the molecule is Cc1ccc(COCCF)c(N2C(=O)CSC2=NC=O)c1. The Morgan fingerprint density at radius 3 is 3.05 bits per heavy atom. The lowest BCUT2D eigenvalue weighted by Gasteiger charge is -2.20. The molecular weight excluding hydrogens is 295 g/mol. The number of rotatable bonds is 6. The van der Waals surface area contributed by atoms with Gasteiger partial charge in [-0.05, 0) is 18.6 Å². The summed E-state index contributed by atoms with van der Waals surface area (Å²) in [6.45, 7) is 1.55. The lowest BCUT2D eigenvalue weighted by atomic mass is 10.1. The van der Waals surface area contributed by atoms with Gasteiger partial charge < -0.3 is 4.74 Å². The van der Waals surface area contributed by atoms with Crippen molar-refractivity contribution in [3.63, 3.8) is 0 Å². The topological polar surface area (TPSA) is 59.0 Å². The first-order chi connectivity index (χ1) is 10.2. The van der Waals surface area contributed by atoms with Gasteiger partial charge in [0, 0.05) is 5.56 Å². The molecule has 0 aliphatic carbocycles. The highest BCUT2D eigenvalue weighted by atomic mass is 32.2. The van der Waals surface area contributed by atoms with Crippen LogP contribution in [0, 0.1) is 6.92 Å². The molecule has 0 radical (unpaired) electrons. The first kappa shape index (κ1) is 15.7. The highest BCUT2D eigenvalue weighted by Crippen LogP contribution is 2.30. The third-order valence-electron chi connectivity index (χ3n) is 2.89. The number of aryl methyl sites for hydroxylation is 1. The van der Waals surface area contributed by atoms with Gasteiger partial charge in [0.15, 0.2) is 5.17 Å². The molecule has 0 bridgehead atoms. The molecule has 5 nitrogen and oxygen atoms in total. The van der Waals surface area contributed by atoms with Gasteiger partial charge in [-0.1, -0.05) is 23.9 Å². The van der Waals surface area contributed by atoms with E-state index in [1.807, 2.05) is 25.1 Å². The second-order valence-corrected chi connectivity index (χ2v) is 5.35. The van der Waals surface area contributed by atoms with Crippen LogP contribution in [0.4, 0.5) is 10.1 Å². The summed E-state index contributed by atoms with van der Waals surface area (Å²) in [6, 6.07) is 5.55. The van der Waals surface area contributed by atoms with Crippen molar-refractivity contribution in [3.05, 3.63) is 29.3 Å². The number of hydrogen-bond acceptors (Lipinski definition) is 4. The summed E-state index contributed by atoms with van der Waals surface area (Å²) in [5.41, 5.74) is 2.35. The Bertz CT molecular complexity index is 577. The average Bonchev–Trinajstić information content (AvgIpc) is 2.82. The van der Waals surface area contributed by atoms with Crippen molar-refractivity contribution in [1.82, 2.24) is 0 Å². The van der Waals surface area contributed by atoms with Crippen LogP contribution in [0.3, 0.4) is 0 Å². The average molecular weight is 310 g/mol. The maximum Gasteiger partial charge on any atom is 0.243 e. The van der Waals surface area contributed by atoms with E-state index in [4.69, 9.17) is 4.74 Å². The van der Waals surface area contributed by atoms with Crippen LogP contribution in [0.25, 0.3) is 0 Å².